The number of nitrogens with zero attached hydrogens (tertiary/aromatic N) is 4. The summed E-state index contributed by atoms with van der Waals surface area (Å²) in [5, 5.41) is 15.6. The third kappa shape index (κ3) is 3.83. The molecule has 3 aliphatic rings. The number of hydrogen-bond acceptors (Lipinski definition) is 7. The number of nitrogens with one attached hydrogen (secondary N) is 1. The summed E-state index contributed by atoms with van der Waals surface area (Å²) in [6.07, 6.45) is 5.76. The van der Waals surface area contributed by atoms with Crippen LogP contribution >= 0.6 is 0 Å². The molecule has 2 aliphatic carbocycles. The highest BCUT2D eigenvalue weighted by Gasteiger charge is 2.38. The lowest BCUT2D eigenvalue weighted by atomic mass is 9.80. The van der Waals surface area contributed by atoms with Crippen LogP contribution in [0, 0.1) is 5.92 Å². The van der Waals surface area contributed by atoms with Crippen molar-refractivity contribution in [3.8, 4) is 11.3 Å². The van der Waals surface area contributed by atoms with Gasteiger partial charge in [-0.1, -0.05) is 41.9 Å². The summed E-state index contributed by atoms with van der Waals surface area (Å²) in [4.78, 5) is 15.0. The third-order valence-electron chi connectivity index (χ3n) is 7.13. The van der Waals surface area contributed by atoms with Crippen molar-refractivity contribution < 1.29 is 13.7 Å². The van der Waals surface area contributed by atoms with Gasteiger partial charge in [-0.3, -0.25) is 4.79 Å². The average molecular weight is 434 g/mol. The summed E-state index contributed by atoms with van der Waals surface area (Å²) in [5.74, 6) is 2.94. The van der Waals surface area contributed by atoms with Crippen LogP contribution in [0.1, 0.15) is 66.3 Å². The average Bonchev–Trinajstić information content (AvgIpc) is 3.39. The molecule has 166 valence electrons. The minimum Gasteiger partial charge on any atom is -0.425 e. The highest BCUT2D eigenvalue weighted by molar-refractivity contribution is 5.92. The van der Waals surface area contributed by atoms with E-state index in [1.54, 1.807) is 6.07 Å². The lowest BCUT2D eigenvalue weighted by Gasteiger charge is -2.41. The summed E-state index contributed by atoms with van der Waals surface area (Å²) >= 11 is 0. The maximum atomic E-state index is 12.5. The first-order chi connectivity index (χ1) is 15.7. The molecule has 0 radical (unpaired) electrons. The van der Waals surface area contributed by atoms with Gasteiger partial charge in [-0.2, -0.15) is 0 Å². The van der Waals surface area contributed by atoms with Crippen LogP contribution in [0.5, 0.6) is 0 Å². The van der Waals surface area contributed by atoms with Gasteiger partial charge < -0.3 is 19.2 Å². The number of hydrogen-bond donors (Lipinski definition) is 1. The Morgan fingerprint density at radius 1 is 1.06 bits per heavy atom. The van der Waals surface area contributed by atoms with Crippen molar-refractivity contribution in [2.75, 3.05) is 19.6 Å². The SMILES string of the molecule is O=C(N[C@H]1C[C@H](c2nnc(C3CN(CC4CCC4)C3)o2)C1)c1cc(-c2ccccc2)no1. The number of carbonyl (C=O) groups excluding carboxylic acids is 1. The number of likely N-dealkylation sites (tertiary alicyclic amines) is 1. The van der Waals surface area contributed by atoms with Crippen molar-refractivity contribution in [3.05, 3.63) is 53.9 Å². The fourth-order valence-electron chi connectivity index (χ4n) is 4.81. The van der Waals surface area contributed by atoms with Crippen molar-refractivity contribution in [2.45, 2.75) is 50.0 Å². The predicted octanol–water partition coefficient (Wildman–Crippen LogP) is 3.60. The first kappa shape index (κ1) is 19.7. The zero-order chi connectivity index (χ0) is 21.5. The molecule has 1 saturated heterocycles. The van der Waals surface area contributed by atoms with E-state index in [0.717, 1.165) is 43.3 Å². The molecule has 32 heavy (non-hydrogen) atoms. The van der Waals surface area contributed by atoms with E-state index < -0.39 is 0 Å². The monoisotopic (exact) mass is 433 g/mol. The molecule has 2 aromatic heterocycles. The fourth-order valence-corrected chi connectivity index (χ4v) is 4.81. The topological polar surface area (TPSA) is 97.3 Å². The van der Waals surface area contributed by atoms with E-state index in [4.69, 9.17) is 8.94 Å². The lowest BCUT2D eigenvalue weighted by molar-refractivity contribution is 0.0838. The first-order valence-corrected chi connectivity index (χ1v) is 11.6. The third-order valence-corrected chi connectivity index (χ3v) is 7.13. The standard InChI is InChI=1S/C24H27N5O3/c30-22(21-11-20(28-32-21)16-7-2-1-3-8-16)25-19-9-17(10-19)23-26-27-24(31-23)18-13-29(14-18)12-15-5-4-6-15/h1-3,7-8,11,15,17-19H,4-6,9-10,12-14H2,(H,25,30)/t17-,19-. The molecule has 8 heteroatoms. The van der Waals surface area contributed by atoms with Crippen molar-refractivity contribution in [1.82, 2.24) is 25.6 Å². The molecule has 3 heterocycles. The summed E-state index contributed by atoms with van der Waals surface area (Å²) in [7, 11) is 0. The van der Waals surface area contributed by atoms with Gasteiger partial charge in [-0.25, -0.2) is 0 Å². The minimum absolute atomic E-state index is 0.0785. The van der Waals surface area contributed by atoms with Gasteiger partial charge in [0, 0.05) is 43.2 Å². The summed E-state index contributed by atoms with van der Waals surface area (Å²) in [6.45, 7) is 3.28. The van der Waals surface area contributed by atoms with Crippen LogP contribution in [0.3, 0.4) is 0 Å². The quantitative estimate of drug-likeness (QED) is 0.608. The molecule has 1 aliphatic heterocycles. The normalized spacial score (nSPS) is 23.9. The second-order valence-corrected chi connectivity index (χ2v) is 9.47. The maximum Gasteiger partial charge on any atom is 0.290 e. The smallest absolute Gasteiger partial charge is 0.290 e. The second-order valence-electron chi connectivity index (χ2n) is 9.47. The molecule has 3 aromatic rings. The molecule has 0 spiro atoms. The van der Waals surface area contributed by atoms with E-state index in [0.29, 0.717) is 17.5 Å². The lowest BCUT2D eigenvalue weighted by Crippen LogP contribution is -2.48. The molecule has 6 rings (SSSR count). The van der Waals surface area contributed by atoms with Crippen LogP contribution < -0.4 is 5.32 Å². The van der Waals surface area contributed by atoms with E-state index in [2.05, 4.69) is 25.6 Å². The number of amides is 1. The zero-order valence-electron chi connectivity index (χ0n) is 17.9. The Kier molecular flexibility index (Phi) is 5.02. The van der Waals surface area contributed by atoms with Crippen molar-refractivity contribution in [1.29, 1.82) is 0 Å². The Bertz CT molecular complexity index is 1080. The van der Waals surface area contributed by atoms with Crippen molar-refractivity contribution >= 4 is 5.91 Å². The largest absolute Gasteiger partial charge is 0.425 e. The van der Waals surface area contributed by atoms with Crippen molar-refractivity contribution in [2.24, 2.45) is 5.92 Å². The minimum atomic E-state index is -0.240. The maximum absolute atomic E-state index is 12.5. The van der Waals surface area contributed by atoms with Crippen LogP contribution in [-0.4, -0.2) is 51.8 Å². The van der Waals surface area contributed by atoms with Gasteiger partial charge >= 0.3 is 0 Å². The van der Waals surface area contributed by atoms with Crippen LogP contribution in [0.2, 0.25) is 0 Å². The number of carbonyl (C=O) groups is 1. The van der Waals surface area contributed by atoms with E-state index >= 15 is 0 Å². The molecule has 2 saturated carbocycles. The van der Waals surface area contributed by atoms with Crippen LogP contribution in [0.15, 0.2) is 45.3 Å². The van der Waals surface area contributed by atoms with Crippen LogP contribution in [0.25, 0.3) is 11.3 Å². The van der Waals surface area contributed by atoms with Crippen molar-refractivity contribution in [3.63, 3.8) is 0 Å². The van der Waals surface area contributed by atoms with Gasteiger partial charge in [0.15, 0.2) is 0 Å². The second kappa shape index (κ2) is 8.16. The Morgan fingerprint density at radius 3 is 2.53 bits per heavy atom. The molecule has 8 nitrogen and oxygen atoms in total. The predicted molar refractivity (Wildman–Crippen MR) is 116 cm³/mol. The Balaban J connectivity index is 0.975. The first-order valence-electron chi connectivity index (χ1n) is 11.6. The molecule has 0 unspecified atom stereocenters. The molecule has 1 amide bonds. The summed E-state index contributed by atoms with van der Waals surface area (Å²) in [6, 6.07) is 11.4. The Labute approximate surface area is 186 Å². The zero-order valence-corrected chi connectivity index (χ0v) is 17.9. The van der Waals surface area contributed by atoms with Gasteiger partial charge in [0.25, 0.3) is 5.91 Å². The highest BCUT2D eigenvalue weighted by atomic mass is 16.5. The highest BCUT2D eigenvalue weighted by Crippen LogP contribution is 2.38. The Morgan fingerprint density at radius 2 is 1.81 bits per heavy atom. The van der Waals surface area contributed by atoms with Crippen LogP contribution in [0.4, 0.5) is 0 Å². The molecular weight excluding hydrogens is 406 g/mol. The van der Waals surface area contributed by atoms with E-state index in [1.165, 1.54) is 25.8 Å². The fraction of sp³-hybridized carbons (Fsp3) is 0.500. The van der Waals surface area contributed by atoms with E-state index in [1.807, 2.05) is 30.3 Å². The van der Waals surface area contributed by atoms with Gasteiger partial charge in [-0.05, 0) is 31.6 Å². The summed E-state index contributed by atoms with van der Waals surface area (Å²) < 4.78 is 11.2. The molecular formula is C24H27N5O3. The number of aromatic nitrogens is 3. The van der Waals surface area contributed by atoms with Gasteiger partial charge in [0.1, 0.15) is 5.69 Å². The number of benzene rings is 1. The van der Waals surface area contributed by atoms with Gasteiger partial charge in [-0.15, -0.1) is 10.2 Å². The summed E-state index contributed by atoms with van der Waals surface area (Å²) in [5.41, 5.74) is 1.58. The van der Waals surface area contributed by atoms with Gasteiger partial charge in [0.2, 0.25) is 17.5 Å². The van der Waals surface area contributed by atoms with E-state index in [9.17, 15) is 4.79 Å². The van der Waals surface area contributed by atoms with Crippen LogP contribution in [-0.2, 0) is 0 Å². The molecule has 0 atom stereocenters. The molecule has 0 bridgehead atoms. The number of rotatable bonds is 7. The molecule has 1 aromatic carbocycles. The Hall–Kier alpha value is -3.00. The molecule has 1 N–H and O–H groups in total. The molecule has 3 fully saturated rings. The van der Waals surface area contributed by atoms with Gasteiger partial charge in [0.05, 0.1) is 5.92 Å². The van der Waals surface area contributed by atoms with E-state index in [-0.39, 0.29) is 23.6 Å².